The monoisotopic (exact) mass is 576 g/mol. The summed E-state index contributed by atoms with van der Waals surface area (Å²) in [6.45, 7) is 10.4. The number of amides is 1. The van der Waals surface area contributed by atoms with Gasteiger partial charge in [0, 0.05) is 70.9 Å². The van der Waals surface area contributed by atoms with Gasteiger partial charge in [-0.25, -0.2) is 0 Å². The van der Waals surface area contributed by atoms with Gasteiger partial charge < -0.3 is 20.9 Å². The molecule has 0 aliphatic carbocycles. The van der Waals surface area contributed by atoms with Gasteiger partial charge in [0.1, 0.15) is 0 Å². The molecule has 2 aromatic carbocycles. The molecule has 1 fully saturated rings. The molecule has 1 atom stereocenters. The third-order valence-corrected chi connectivity index (χ3v) is 6.65. The zero-order valence-electron chi connectivity index (χ0n) is 20.2. The van der Waals surface area contributed by atoms with E-state index in [1.54, 1.807) is 7.05 Å². The van der Waals surface area contributed by atoms with Crippen LogP contribution >= 0.6 is 24.0 Å². The van der Waals surface area contributed by atoms with Gasteiger partial charge in [-0.15, -0.1) is 24.0 Å². The number of fused-ring (bicyclic) bond motifs is 1. The number of piperazine rings is 1. The van der Waals surface area contributed by atoms with E-state index in [0.717, 1.165) is 37.8 Å². The maximum atomic E-state index is 12.1. The van der Waals surface area contributed by atoms with E-state index in [2.05, 4.69) is 68.0 Å². The van der Waals surface area contributed by atoms with Crippen molar-refractivity contribution in [2.75, 3.05) is 51.6 Å². The lowest BCUT2D eigenvalue weighted by Gasteiger charge is -2.34. The molecule has 2 aliphatic rings. The molecule has 2 aliphatic heterocycles. The molecule has 0 saturated carbocycles. The summed E-state index contributed by atoms with van der Waals surface area (Å²) in [6.07, 6.45) is 0.482. The number of nitrogens with one attached hydrogen (secondary N) is 3. The molecular weight excluding hydrogens is 539 g/mol. The number of aliphatic imine (C=N–C) groups is 1. The molecule has 0 bridgehead atoms. The number of rotatable bonds is 7. The smallest absolute Gasteiger partial charge is 0.225 e. The topological polar surface area (TPSA) is 72.0 Å². The molecule has 1 amide bonds. The van der Waals surface area contributed by atoms with E-state index in [1.807, 2.05) is 18.2 Å². The number of carbonyl (C=O) groups is 1. The second-order valence-electron chi connectivity index (χ2n) is 8.87. The van der Waals surface area contributed by atoms with Crippen LogP contribution in [-0.4, -0.2) is 68.0 Å². The Morgan fingerprint density at radius 2 is 1.68 bits per heavy atom. The summed E-state index contributed by atoms with van der Waals surface area (Å²) in [5, 5.41) is 9.74. The predicted octanol–water partition coefficient (Wildman–Crippen LogP) is 3.23. The van der Waals surface area contributed by atoms with Crippen molar-refractivity contribution in [2.45, 2.75) is 32.4 Å². The van der Waals surface area contributed by atoms with E-state index in [9.17, 15) is 4.79 Å². The maximum absolute atomic E-state index is 12.1. The van der Waals surface area contributed by atoms with Gasteiger partial charge in [-0.1, -0.05) is 49.4 Å². The average Bonchev–Trinajstić information content (AvgIpc) is 2.85. The molecule has 0 aromatic heterocycles. The van der Waals surface area contributed by atoms with E-state index in [4.69, 9.17) is 0 Å². The summed E-state index contributed by atoms with van der Waals surface area (Å²) in [7, 11) is 1.78. The van der Waals surface area contributed by atoms with Crippen LogP contribution in [-0.2, 0) is 17.9 Å². The zero-order chi connectivity index (χ0) is 23.0. The Bertz CT molecular complexity index is 956. The first-order valence-electron chi connectivity index (χ1n) is 12.0. The fraction of sp³-hybridized carbons (Fsp3) is 0.462. The van der Waals surface area contributed by atoms with Crippen molar-refractivity contribution in [1.82, 2.24) is 20.4 Å². The minimum Gasteiger partial charge on any atom is -0.356 e. The number of hydrogen-bond donors (Lipinski definition) is 3. The van der Waals surface area contributed by atoms with Gasteiger partial charge in [-0.3, -0.25) is 14.7 Å². The highest BCUT2D eigenvalue weighted by atomic mass is 127. The van der Waals surface area contributed by atoms with E-state index in [0.29, 0.717) is 19.5 Å². The van der Waals surface area contributed by atoms with Gasteiger partial charge in [0.15, 0.2) is 5.96 Å². The first kappa shape index (κ1) is 26.4. The van der Waals surface area contributed by atoms with E-state index < -0.39 is 0 Å². The van der Waals surface area contributed by atoms with Gasteiger partial charge >= 0.3 is 0 Å². The van der Waals surface area contributed by atoms with E-state index in [-0.39, 0.29) is 35.8 Å². The maximum Gasteiger partial charge on any atom is 0.225 e. The lowest BCUT2D eigenvalue weighted by Crippen LogP contribution is -2.45. The van der Waals surface area contributed by atoms with E-state index >= 15 is 0 Å². The summed E-state index contributed by atoms with van der Waals surface area (Å²) in [4.78, 5) is 21.5. The quantitative estimate of drug-likeness (QED) is 0.268. The molecular formula is C26H37IN6O. The Morgan fingerprint density at radius 1 is 1.00 bits per heavy atom. The number of nitrogens with zero attached hydrogens (tertiary/aromatic N) is 3. The van der Waals surface area contributed by atoms with Crippen LogP contribution in [0.25, 0.3) is 0 Å². The Balaban J connectivity index is 0.00000324. The van der Waals surface area contributed by atoms with Crippen molar-refractivity contribution in [2.24, 2.45) is 4.99 Å². The summed E-state index contributed by atoms with van der Waals surface area (Å²) in [5.41, 5.74) is 4.67. The molecule has 1 unspecified atom stereocenters. The standard InChI is InChI=1S/C26H36N6O.HI/c1-3-31-12-14-32(15-13-31)19-21-10-8-20(9-11-21)17-28-26(27-2)29-18-22-16-25(33)30-24-7-5-4-6-23(22)24;/h4-11,22H,3,12-19H2,1-2H3,(H,30,33)(H2,27,28,29);1H. The molecule has 184 valence electrons. The van der Waals surface area contributed by atoms with Gasteiger partial charge in [-0.05, 0) is 29.3 Å². The molecule has 7 nitrogen and oxygen atoms in total. The first-order valence-corrected chi connectivity index (χ1v) is 12.0. The van der Waals surface area contributed by atoms with Gasteiger partial charge in [0.25, 0.3) is 0 Å². The van der Waals surface area contributed by atoms with Crippen LogP contribution in [0.2, 0.25) is 0 Å². The number of guanidine groups is 1. The van der Waals surface area contributed by atoms with E-state index in [1.165, 1.54) is 29.8 Å². The number of halogens is 1. The fourth-order valence-electron chi connectivity index (χ4n) is 4.59. The molecule has 0 radical (unpaired) electrons. The highest BCUT2D eigenvalue weighted by Gasteiger charge is 2.24. The second kappa shape index (κ2) is 13.1. The fourth-order valence-corrected chi connectivity index (χ4v) is 4.59. The molecule has 4 rings (SSSR count). The molecule has 8 heteroatoms. The molecule has 2 heterocycles. The number of likely N-dealkylation sites (N-methyl/N-ethyl adjacent to an activating group) is 1. The lowest BCUT2D eigenvalue weighted by atomic mass is 9.90. The number of carbonyl (C=O) groups excluding carboxylic acids is 1. The Hall–Kier alpha value is -2.17. The summed E-state index contributed by atoms with van der Waals surface area (Å²) >= 11 is 0. The zero-order valence-corrected chi connectivity index (χ0v) is 22.5. The third kappa shape index (κ3) is 7.16. The van der Waals surface area contributed by atoms with Crippen LogP contribution in [0.1, 0.15) is 36.0 Å². The van der Waals surface area contributed by atoms with Crippen LogP contribution in [0.4, 0.5) is 5.69 Å². The Kier molecular flexibility index (Phi) is 10.2. The van der Waals surface area contributed by atoms with Crippen LogP contribution < -0.4 is 16.0 Å². The number of anilines is 1. The largest absolute Gasteiger partial charge is 0.356 e. The normalized spacial score (nSPS) is 19.1. The minimum absolute atomic E-state index is 0. The summed E-state index contributed by atoms with van der Waals surface area (Å²) in [6, 6.07) is 16.9. The van der Waals surface area contributed by atoms with Gasteiger partial charge in [0.05, 0.1) is 0 Å². The highest BCUT2D eigenvalue weighted by molar-refractivity contribution is 14.0. The number of benzene rings is 2. The van der Waals surface area contributed by atoms with Gasteiger partial charge in [0.2, 0.25) is 5.91 Å². The summed E-state index contributed by atoms with van der Waals surface area (Å²) in [5.74, 6) is 0.944. The minimum atomic E-state index is 0. The summed E-state index contributed by atoms with van der Waals surface area (Å²) < 4.78 is 0. The van der Waals surface area contributed by atoms with Gasteiger partial charge in [-0.2, -0.15) is 0 Å². The van der Waals surface area contributed by atoms with Crippen molar-refractivity contribution in [3.8, 4) is 0 Å². The van der Waals surface area contributed by atoms with Crippen LogP contribution in [0.15, 0.2) is 53.5 Å². The predicted molar refractivity (Wildman–Crippen MR) is 150 cm³/mol. The Morgan fingerprint density at radius 3 is 2.38 bits per heavy atom. The first-order chi connectivity index (χ1) is 16.1. The second-order valence-corrected chi connectivity index (χ2v) is 8.87. The Labute approximate surface area is 220 Å². The highest BCUT2D eigenvalue weighted by Crippen LogP contribution is 2.31. The molecule has 1 saturated heterocycles. The van der Waals surface area contributed by atoms with Crippen molar-refractivity contribution in [1.29, 1.82) is 0 Å². The van der Waals surface area contributed by atoms with Crippen LogP contribution in [0.5, 0.6) is 0 Å². The molecule has 0 spiro atoms. The van der Waals surface area contributed by atoms with Crippen molar-refractivity contribution in [3.63, 3.8) is 0 Å². The van der Waals surface area contributed by atoms with Crippen LogP contribution in [0, 0.1) is 0 Å². The van der Waals surface area contributed by atoms with Crippen molar-refractivity contribution < 1.29 is 4.79 Å². The molecule has 2 aromatic rings. The number of para-hydroxylation sites is 1. The van der Waals surface area contributed by atoms with Crippen LogP contribution in [0.3, 0.4) is 0 Å². The average molecular weight is 577 g/mol. The lowest BCUT2D eigenvalue weighted by molar-refractivity contribution is -0.116. The SMILES string of the molecule is CCN1CCN(Cc2ccc(CNC(=NC)NCC3CC(=O)Nc4ccccc43)cc2)CC1.I. The number of hydrogen-bond acceptors (Lipinski definition) is 4. The third-order valence-electron chi connectivity index (χ3n) is 6.65. The molecule has 3 N–H and O–H groups in total. The molecule has 34 heavy (non-hydrogen) atoms. The van der Waals surface area contributed by atoms with Crippen molar-refractivity contribution in [3.05, 3.63) is 65.2 Å². The van der Waals surface area contributed by atoms with Crippen molar-refractivity contribution >= 4 is 41.5 Å².